The highest BCUT2D eigenvalue weighted by atomic mass is 16.5. The molecule has 45 heavy (non-hydrogen) atoms. The molecule has 2 heterocycles. The van der Waals surface area contributed by atoms with Gasteiger partial charge in [0.25, 0.3) is 5.91 Å². The van der Waals surface area contributed by atoms with Crippen LogP contribution in [0, 0.1) is 0 Å². The van der Waals surface area contributed by atoms with E-state index in [1.54, 1.807) is 6.92 Å². The third-order valence-electron chi connectivity index (χ3n) is 7.89. The molecule has 0 amide bonds. The fourth-order valence-electron chi connectivity index (χ4n) is 5.41. The van der Waals surface area contributed by atoms with Crippen molar-refractivity contribution in [2.24, 2.45) is 7.05 Å². The van der Waals surface area contributed by atoms with Crippen LogP contribution in [0.5, 0.6) is 11.5 Å². The predicted octanol–water partition coefficient (Wildman–Crippen LogP) is 7.52. The van der Waals surface area contributed by atoms with Crippen LogP contribution >= 0.6 is 0 Å². The van der Waals surface area contributed by atoms with Gasteiger partial charge in [-0.1, -0.05) is 81.4 Å². The highest BCUT2D eigenvalue weighted by Crippen LogP contribution is 2.40. The molecule has 228 valence electrons. The Labute approximate surface area is 262 Å². The molecule has 0 N–H and O–H groups in total. The maximum atomic E-state index is 13.9. The first-order valence-electron chi connectivity index (χ1n) is 15.2. The first-order valence-corrected chi connectivity index (χ1v) is 15.2. The van der Waals surface area contributed by atoms with Gasteiger partial charge < -0.3 is 14.0 Å². The Hall–Kier alpha value is -5.37. The number of carbonyl (C=O) groups excluding carboxylic acids is 1. The Morgan fingerprint density at radius 1 is 0.822 bits per heavy atom. The molecule has 8 heteroatoms. The van der Waals surface area contributed by atoms with Gasteiger partial charge in [-0.25, -0.2) is 9.36 Å². The molecular weight excluding hydrogens is 564 g/mol. The van der Waals surface area contributed by atoms with E-state index in [2.05, 4.69) is 18.9 Å². The molecule has 0 fully saturated rings. The van der Waals surface area contributed by atoms with Gasteiger partial charge in [0.1, 0.15) is 24.7 Å². The summed E-state index contributed by atoms with van der Waals surface area (Å²) in [4.78, 5) is 26.9. The zero-order chi connectivity index (χ0) is 31.5. The number of ether oxygens (including phenoxy) is 2. The number of nitrogens with zero attached hydrogens (tertiary/aromatic N) is 4. The van der Waals surface area contributed by atoms with Crippen LogP contribution in [0.4, 0.5) is 0 Å². The molecule has 0 aliphatic carbocycles. The standard InChI is InChI=1S/C37H36N4O4/c1-5-35(42)41-37(43)40(29-16-17-32-28(20-29)18-19-39(32)4)36(38-41)31-21-30(25(2)3)33(44-23-26-12-8-6-9-13-26)22-34(31)45-24-27-14-10-7-11-15-27/h6-22,25H,5,23-24H2,1-4H3. The highest BCUT2D eigenvalue weighted by Gasteiger charge is 2.25. The van der Waals surface area contributed by atoms with Gasteiger partial charge in [0, 0.05) is 36.6 Å². The maximum Gasteiger partial charge on any atom is 0.358 e. The van der Waals surface area contributed by atoms with Crippen molar-refractivity contribution in [3.8, 4) is 28.6 Å². The number of rotatable bonds is 10. The number of carbonyl (C=O) groups is 1. The van der Waals surface area contributed by atoms with Gasteiger partial charge in [0.15, 0.2) is 5.82 Å². The fourth-order valence-corrected chi connectivity index (χ4v) is 5.41. The van der Waals surface area contributed by atoms with E-state index in [1.807, 2.05) is 115 Å². The Kier molecular flexibility index (Phi) is 8.38. The molecule has 6 rings (SSSR count). The Balaban J connectivity index is 1.54. The lowest BCUT2D eigenvalue weighted by molar-refractivity contribution is 0.0888. The van der Waals surface area contributed by atoms with E-state index in [-0.39, 0.29) is 18.2 Å². The average molecular weight is 601 g/mol. The van der Waals surface area contributed by atoms with Crippen LogP contribution in [0.1, 0.15) is 54.6 Å². The molecule has 0 aliphatic rings. The number of benzene rings is 4. The summed E-state index contributed by atoms with van der Waals surface area (Å²) in [7, 11) is 1.97. The monoisotopic (exact) mass is 600 g/mol. The number of aryl methyl sites for hydroxylation is 1. The van der Waals surface area contributed by atoms with Crippen molar-refractivity contribution in [1.82, 2.24) is 18.9 Å². The van der Waals surface area contributed by atoms with Crippen LogP contribution in [0.2, 0.25) is 0 Å². The second kappa shape index (κ2) is 12.7. The minimum absolute atomic E-state index is 0.0814. The van der Waals surface area contributed by atoms with Gasteiger partial charge in [-0.05, 0) is 52.9 Å². The number of fused-ring (bicyclic) bond motifs is 1. The van der Waals surface area contributed by atoms with E-state index in [4.69, 9.17) is 9.47 Å². The van der Waals surface area contributed by atoms with Crippen molar-refractivity contribution in [3.63, 3.8) is 0 Å². The molecule has 6 aromatic rings. The van der Waals surface area contributed by atoms with Crippen LogP contribution in [0.15, 0.2) is 108 Å². The van der Waals surface area contributed by atoms with E-state index in [1.165, 1.54) is 4.57 Å². The molecule has 8 nitrogen and oxygen atoms in total. The van der Waals surface area contributed by atoms with Crippen LogP contribution in [-0.4, -0.2) is 24.8 Å². The smallest absolute Gasteiger partial charge is 0.358 e. The van der Waals surface area contributed by atoms with Gasteiger partial charge in [0.2, 0.25) is 0 Å². The molecule has 0 aliphatic heterocycles. The first kappa shape index (κ1) is 29.7. The van der Waals surface area contributed by atoms with Crippen molar-refractivity contribution < 1.29 is 14.3 Å². The van der Waals surface area contributed by atoms with Gasteiger partial charge in [-0.15, -0.1) is 9.78 Å². The Morgan fingerprint density at radius 2 is 1.47 bits per heavy atom. The van der Waals surface area contributed by atoms with Crippen LogP contribution in [0.3, 0.4) is 0 Å². The fraction of sp³-hybridized carbons (Fsp3) is 0.216. The third kappa shape index (κ3) is 6.04. The number of aromatic nitrogens is 4. The summed E-state index contributed by atoms with van der Waals surface area (Å²) in [5.41, 5.74) is 4.66. The van der Waals surface area contributed by atoms with Crippen molar-refractivity contribution in [2.75, 3.05) is 0 Å². The van der Waals surface area contributed by atoms with Crippen molar-refractivity contribution in [2.45, 2.75) is 46.3 Å². The van der Waals surface area contributed by atoms with Gasteiger partial charge in [-0.3, -0.25) is 4.79 Å². The zero-order valence-electron chi connectivity index (χ0n) is 25.9. The first-order chi connectivity index (χ1) is 21.8. The predicted molar refractivity (Wildman–Crippen MR) is 176 cm³/mol. The third-order valence-corrected chi connectivity index (χ3v) is 7.89. The van der Waals surface area contributed by atoms with Crippen molar-refractivity contribution >= 4 is 16.8 Å². The zero-order valence-corrected chi connectivity index (χ0v) is 25.9. The van der Waals surface area contributed by atoms with Gasteiger partial charge in [-0.2, -0.15) is 0 Å². The summed E-state index contributed by atoms with van der Waals surface area (Å²) >= 11 is 0. The van der Waals surface area contributed by atoms with E-state index < -0.39 is 5.69 Å². The summed E-state index contributed by atoms with van der Waals surface area (Å²) in [6.45, 7) is 6.58. The number of hydrogen-bond acceptors (Lipinski definition) is 5. The normalized spacial score (nSPS) is 11.3. The van der Waals surface area contributed by atoms with Crippen LogP contribution in [0.25, 0.3) is 28.0 Å². The quantitative estimate of drug-likeness (QED) is 0.162. The van der Waals surface area contributed by atoms with E-state index in [0.717, 1.165) is 32.3 Å². The highest BCUT2D eigenvalue weighted by molar-refractivity contribution is 5.83. The molecule has 0 atom stereocenters. The molecule has 0 spiro atoms. The van der Waals surface area contributed by atoms with Crippen LogP contribution < -0.4 is 15.2 Å². The second-order valence-corrected chi connectivity index (χ2v) is 11.4. The summed E-state index contributed by atoms with van der Waals surface area (Å²) in [5, 5.41) is 5.61. The lowest BCUT2D eigenvalue weighted by Crippen LogP contribution is -2.28. The average Bonchev–Trinajstić information content (AvgIpc) is 3.61. The summed E-state index contributed by atoms with van der Waals surface area (Å²) < 4.78 is 17.3. The minimum atomic E-state index is -0.531. The van der Waals surface area contributed by atoms with E-state index >= 15 is 0 Å². The molecular formula is C37H36N4O4. The maximum absolute atomic E-state index is 13.9. The lowest BCUT2D eigenvalue weighted by Gasteiger charge is -2.20. The largest absolute Gasteiger partial charge is 0.488 e. The van der Waals surface area contributed by atoms with Crippen LogP contribution in [-0.2, 0) is 20.3 Å². The summed E-state index contributed by atoms with van der Waals surface area (Å²) in [6.07, 6.45) is 2.11. The minimum Gasteiger partial charge on any atom is -0.488 e. The molecule has 2 aromatic heterocycles. The van der Waals surface area contributed by atoms with Crippen molar-refractivity contribution in [1.29, 1.82) is 0 Å². The molecule has 0 radical (unpaired) electrons. The second-order valence-electron chi connectivity index (χ2n) is 11.4. The molecule has 0 saturated carbocycles. The Morgan fingerprint density at radius 3 is 2.09 bits per heavy atom. The van der Waals surface area contributed by atoms with E-state index in [9.17, 15) is 9.59 Å². The summed E-state index contributed by atoms with van der Waals surface area (Å²) in [5.74, 6) is 1.19. The lowest BCUT2D eigenvalue weighted by atomic mass is 9.98. The number of hydrogen-bond donors (Lipinski definition) is 0. The molecule has 0 saturated heterocycles. The van der Waals surface area contributed by atoms with E-state index in [0.29, 0.717) is 41.8 Å². The molecule has 0 unspecified atom stereocenters. The summed E-state index contributed by atoms with van der Waals surface area (Å²) in [6, 6.07) is 31.5. The van der Waals surface area contributed by atoms with Gasteiger partial charge in [0.05, 0.1) is 11.3 Å². The van der Waals surface area contributed by atoms with Gasteiger partial charge >= 0.3 is 5.69 Å². The van der Waals surface area contributed by atoms with Crippen molar-refractivity contribution in [3.05, 3.63) is 130 Å². The molecule has 4 aromatic carbocycles. The molecule has 0 bridgehead atoms. The SMILES string of the molecule is CCC(=O)n1nc(-c2cc(C(C)C)c(OCc3ccccc3)cc2OCc2ccccc2)n(-c2ccc3c(ccn3C)c2)c1=O. The topological polar surface area (TPSA) is 80.3 Å². The Bertz CT molecular complexity index is 2020.